The molecule has 1 atom stereocenters. The van der Waals surface area contributed by atoms with E-state index in [0.29, 0.717) is 11.9 Å². The van der Waals surface area contributed by atoms with Gasteiger partial charge in [-0.05, 0) is 37.5 Å². The van der Waals surface area contributed by atoms with Crippen LogP contribution in [-0.2, 0) is 11.2 Å². The van der Waals surface area contributed by atoms with Crippen LogP contribution in [0.4, 0.5) is 5.82 Å². The SMILES string of the molecule is COC(C)CCc1ccnc(N)c1. The van der Waals surface area contributed by atoms with E-state index < -0.39 is 0 Å². The Kier molecular flexibility index (Phi) is 3.71. The number of aromatic nitrogens is 1. The largest absolute Gasteiger partial charge is 0.384 e. The number of pyridine rings is 1. The number of nitrogens with zero attached hydrogens (tertiary/aromatic N) is 1. The first kappa shape index (κ1) is 9.99. The Balaban J connectivity index is 2.45. The third-order valence-electron chi connectivity index (χ3n) is 2.09. The minimum absolute atomic E-state index is 0.300. The number of nitrogen functional groups attached to an aromatic ring is 1. The van der Waals surface area contributed by atoms with Crippen LogP contribution in [0.2, 0.25) is 0 Å². The number of hydrogen-bond acceptors (Lipinski definition) is 3. The van der Waals surface area contributed by atoms with Crippen molar-refractivity contribution in [1.82, 2.24) is 4.98 Å². The topological polar surface area (TPSA) is 48.1 Å². The molecule has 3 nitrogen and oxygen atoms in total. The molecular formula is C10H16N2O. The van der Waals surface area contributed by atoms with E-state index in [1.807, 2.05) is 12.1 Å². The molecule has 0 fully saturated rings. The number of ether oxygens (including phenoxy) is 1. The summed E-state index contributed by atoms with van der Waals surface area (Å²) in [6.45, 7) is 2.06. The summed E-state index contributed by atoms with van der Waals surface area (Å²) in [4.78, 5) is 3.93. The molecule has 0 aliphatic rings. The van der Waals surface area contributed by atoms with Crippen LogP contribution in [-0.4, -0.2) is 18.2 Å². The third-order valence-corrected chi connectivity index (χ3v) is 2.09. The second-order valence-corrected chi connectivity index (χ2v) is 3.17. The molecule has 1 heterocycles. The summed E-state index contributed by atoms with van der Waals surface area (Å²) in [5, 5.41) is 0. The molecule has 72 valence electrons. The van der Waals surface area contributed by atoms with Gasteiger partial charge in [-0.15, -0.1) is 0 Å². The molecule has 0 aliphatic carbocycles. The van der Waals surface area contributed by atoms with Crippen molar-refractivity contribution < 1.29 is 4.74 Å². The number of nitrogens with two attached hydrogens (primary N) is 1. The minimum atomic E-state index is 0.300. The summed E-state index contributed by atoms with van der Waals surface area (Å²) in [5.41, 5.74) is 6.77. The van der Waals surface area contributed by atoms with Gasteiger partial charge in [0.2, 0.25) is 0 Å². The fraction of sp³-hybridized carbons (Fsp3) is 0.500. The summed E-state index contributed by atoms with van der Waals surface area (Å²) in [7, 11) is 1.73. The quantitative estimate of drug-likeness (QED) is 0.766. The highest BCUT2D eigenvalue weighted by Crippen LogP contribution is 2.08. The van der Waals surface area contributed by atoms with Crippen LogP contribution < -0.4 is 5.73 Å². The monoisotopic (exact) mass is 180 g/mol. The summed E-state index contributed by atoms with van der Waals surface area (Å²) >= 11 is 0. The first-order valence-electron chi connectivity index (χ1n) is 4.45. The van der Waals surface area contributed by atoms with Crippen LogP contribution in [0.25, 0.3) is 0 Å². The van der Waals surface area contributed by atoms with Crippen molar-refractivity contribution in [2.24, 2.45) is 0 Å². The Hall–Kier alpha value is -1.09. The van der Waals surface area contributed by atoms with Crippen LogP contribution in [0.3, 0.4) is 0 Å². The van der Waals surface area contributed by atoms with Gasteiger partial charge in [0.1, 0.15) is 5.82 Å². The Bertz CT molecular complexity index is 263. The fourth-order valence-corrected chi connectivity index (χ4v) is 1.14. The van der Waals surface area contributed by atoms with Gasteiger partial charge in [0.05, 0.1) is 6.10 Å². The minimum Gasteiger partial charge on any atom is -0.384 e. The molecule has 1 aromatic heterocycles. The van der Waals surface area contributed by atoms with Crippen LogP contribution in [0.5, 0.6) is 0 Å². The van der Waals surface area contributed by atoms with E-state index >= 15 is 0 Å². The van der Waals surface area contributed by atoms with Crippen LogP contribution in [0, 0.1) is 0 Å². The second-order valence-electron chi connectivity index (χ2n) is 3.17. The van der Waals surface area contributed by atoms with Crippen molar-refractivity contribution in [2.45, 2.75) is 25.9 Å². The number of methoxy groups -OCH3 is 1. The first-order valence-corrected chi connectivity index (χ1v) is 4.45. The maximum absolute atomic E-state index is 5.56. The van der Waals surface area contributed by atoms with Gasteiger partial charge in [-0.25, -0.2) is 4.98 Å². The van der Waals surface area contributed by atoms with Crippen molar-refractivity contribution in [3.8, 4) is 0 Å². The van der Waals surface area contributed by atoms with E-state index in [2.05, 4.69) is 11.9 Å². The van der Waals surface area contributed by atoms with E-state index in [1.54, 1.807) is 13.3 Å². The third kappa shape index (κ3) is 3.42. The van der Waals surface area contributed by atoms with E-state index in [0.717, 1.165) is 12.8 Å². The molecule has 13 heavy (non-hydrogen) atoms. The fourth-order valence-electron chi connectivity index (χ4n) is 1.14. The molecule has 2 N–H and O–H groups in total. The molecular weight excluding hydrogens is 164 g/mol. The average molecular weight is 180 g/mol. The van der Waals surface area contributed by atoms with Crippen molar-refractivity contribution in [3.63, 3.8) is 0 Å². The molecule has 0 saturated heterocycles. The van der Waals surface area contributed by atoms with Gasteiger partial charge in [0.15, 0.2) is 0 Å². The highest BCUT2D eigenvalue weighted by Gasteiger charge is 2.00. The van der Waals surface area contributed by atoms with E-state index in [9.17, 15) is 0 Å². The highest BCUT2D eigenvalue weighted by molar-refractivity contribution is 5.31. The zero-order valence-electron chi connectivity index (χ0n) is 8.16. The lowest BCUT2D eigenvalue weighted by molar-refractivity contribution is 0.111. The average Bonchev–Trinajstić information content (AvgIpc) is 2.14. The molecule has 1 unspecified atom stereocenters. The maximum atomic E-state index is 5.56. The van der Waals surface area contributed by atoms with Gasteiger partial charge in [-0.2, -0.15) is 0 Å². The number of aryl methyl sites for hydroxylation is 1. The molecule has 0 aliphatic heterocycles. The van der Waals surface area contributed by atoms with Crippen molar-refractivity contribution in [2.75, 3.05) is 12.8 Å². The molecule has 0 bridgehead atoms. The number of rotatable bonds is 4. The Morgan fingerprint density at radius 2 is 2.38 bits per heavy atom. The summed E-state index contributed by atoms with van der Waals surface area (Å²) in [5.74, 6) is 0.586. The van der Waals surface area contributed by atoms with Crippen molar-refractivity contribution >= 4 is 5.82 Å². The molecule has 0 spiro atoms. The van der Waals surface area contributed by atoms with Crippen LogP contribution in [0.1, 0.15) is 18.9 Å². The first-order chi connectivity index (χ1) is 6.22. The second kappa shape index (κ2) is 4.82. The Morgan fingerprint density at radius 1 is 1.62 bits per heavy atom. The number of anilines is 1. The summed E-state index contributed by atoms with van der Waals surface area (Å²) in [6, 6.07) is 3.89. The van der Waals surface area contributed by atoms with Crippen LogP contribution in [0.15, 0.2) is 18.3 Å². The zero-order chi connectivity index (χ0) is 9.68. The van der Waals surface area contributed by atoms with E-state index in [4.69, 9.17) is 10.5 Å². The van der Waals surface area contributed by atoms with Gasteiger partial charge in [-0.1, -0.05) is 0 Å². The highest BCUT2D eigenvalue weighted by atomic mass is 16.5. The van der Waals surface area contributed by atoms with E-state index in [1.165, 1.54) is 5.56 Å². The van der Waals surface area contributed by atoms with Gasteiger partial charge in [0.25, 0.3) is 0 Å². The molecule has 0 radical (unpaired) electrons. The van der Waals surface area contributed by atoms with Gasteiger partial charge < -0.3 is 10.5 Å². The van der Waals surface area contributed by atoms with E-state index in [-0.39, 0.29) is 0 Å². The summed E-state index contributed by atoms with van der Waals surface area (Å²) in [6.07, 6.45) is 4.04. The predicted molar refractivity (Wildman–Crippen MR) is 53.4 cm³/mol. The lowest BCUT2D eigenvalue weighted by Crippen LogP contribution is -2.06. The maximum Gasteiger partial charge on any atom is 0.123 e. The number of hydrogen-bond donors (Lipinski definition) is 1. The van der Waals surface area contributed by atoms with Crippen molar-refractivity contribution in [3.05, 3.63) is 23.9 Å². The molecule has 1 rings (SSSR count). The molecule has 0 saturated carbocycles. The molecule has 0 aromatic carbocycles. The molecule has 3 heteroatoms. The van der Waals surface area contributed by atoms with Gasteiger partial charge >= 0.3 is 0 Å². The normalized spacial score (nSPS) is 12.8. The lowest BCUT2D eigenvalue weighted by Gasteiger charge is -2.08. The molecule has 1 aromatic rings. The Morgan fingerprint density at radius 3 is 3.00 bits per heavy atom. The lowest BCUT2D eigenvalue weighted by atomic mass is 10.1. The van der Waals surface area contributed by atoms with Crippen molar-refractivity contribution in [1.29, 1.82) is 0 Å². The van der Waals surface area contributed by atoms with Gasteiger partial charge in [-0.3, -0.25) is 0 Å². The zero-order valence-corrected chi connectivity index (χ0v) is 8.16. The molecule has 0 amide bonds. The summed E-state index contributed by atoms with van der Waals surface area (Å²) < 4.78 is 5.16. The Labute approximate surface area is 78.9 Å². The van der Waals surface area contributed by atoms with Crippen LogP contribution >= 0.6 is 0 Å². The smallest absolute Gasteiger partial charge is 0.123 e. The predicted octanol–water partition coefficient (Wildman–Crippen LogP) is 1.63. The van der Waals surface area contributed by atoms with Gasteiger partial charge in [0, 0.05) is 13.3 Å². The standard InChI is InChI=1S/C10H16N2O/c1-8(13-2)3-4-9-5-6-12-10(11)7-9/h5-8H,3-4H2,1-2H3,(H2,11,12).